The summed E-state index contributed by atoms with van der Waals surface area (Å²) in [6, 6.07) is 10.7. The molecule has 0 saturated carbocycles. The molecule has 3 rings (SSSR count). The van der Waals surface area contributed by atoms with E-state index in [0.29, 0.717) is 5.92 Å². The molecule has 0 spiro atoms. The average molecular weight is 251 g/mol. The molecule has 0 bridgehead atoms. The molecule has 0 unspecified atom stereocenters. The third-order valence-corrected chi connectivity index (χ3v) is 4.09. The average Bonchev–Trinajstić information content (AvgIpc) is 2.85. The van der Waals surface area contributed by atoms with Crippen molar-refractivity contribution in [1.29, 1.82) is 0 Å². The molecular weight excluding hydrogens is 230 g/mol. The van der Waals surface area contributed by atoms with Crippen molar-refractivity contribution in [3.8, 4) is 11.1 Å². The minimum absolute atomic E-state index is 0.559. The van der Waals surface area contributed by atoms with E-state index in [-0.39, 0.29) is 0 Å². The van der Waals surface area contributed by atoms with E-state index in [1.165, 1.54) is 46.5 Å². The number of benzene rings is 1. The maximum atomic E-state index is 4.87. The van der Waals surface area contributed by atoms with Crippen LogP contribution in [0.2, 0.25) is 0 Å². The number of hydrogen-bond donors (Lipinski definition) is 0. The summed E-state index contributed by atoms with van der Waals surface area (Å²) >= 11 is 0. The molecule has 1 nitrogen and oxygen atoms in total. The summed E-state index contributed by atoms with van der Waals surface area (Å²) in [7, 11) is 0. The number of fused-ring (bicyclic) bond motifs is 1. The van der Waals surface area contributed by atoms with Crippen molar-refractivity contribution >= 4 is 0 Å². The second kappa shape index (κ2) is 4.80. The van der Waals surface area contributed by atoms with Crippen molar-refractivity contribution in [3.05, 3.63) is 52.8 Å². The minimum Gasteiger partial charge on any atom is -0.257 e. The van der Waals surface area contributed by atoms with Crippen LogP contribution in [0.5, 0.6) is 0 Å². The highest BCUT2D eigenvalue weighted by Crippen LogP contribution is 2.38. The highest BCUT2D eigenvalue weighted by Gasteiger charge is 2.23. The van der Waals surface area contributed by atoms with E-state index >= 15 is 0 Å². The Hall–Kier alpha value is -1.63. The molecular formula is C18H21N. The Bertz CT molecular complexity index is 597. The predicted octanol–water partition coefficient (Wildman–Crippen LogP) is 4.67. The van der Waals surface area contributed by atoms with Crippen LogP contribution in [0.1, 0.15) is 48.7 Å². The molecule has 1 heterocycles. The van der Waals surface area contributed by atoms with E-state index < -0.39 is 0 Å². The van der Waals surface area contributed by atoms with Crippen molar-refractivity contribution in [2.45, 2.75) is 46.0 Å². The Morgan fingerprint density at radius 2 is 1.79 bits per heavy atom. The molecule has 0 fully saturated rings. The molecule has 1 heteroatoms. The predicted molar refractivity (Wildman–Crippen MR) is 80.5 cm³/mol. The molecule has 0 saturated heterocycles. The monoisotopic (exact) mass is 251 g/mol. The fourth-order valence-electron chi connectivity index (χ4n) is 3.35. The number of nitrogens with zero attached hydrogens (tertiary/aromatic N) is 1. The first-order valence-electron chi connectivity index (χ1n) is 7.26. The van der Waals surface area contributed by atoms with Crippen molar-refractivity contribution in [2.75, 3.05) is 0 Å². The zero-order valence-corrected chi connectivity index (χ0v) is 12.0. The van der Waals surface area contributed by atoms with Gasteiger partial charge < -0.3 is 0 Å². The normalized spacial score (nSPS) is 13.9. The van der Waals surface area contributed by atoms with E-state index in [1.807, 2.05) is 0 Å². The zero-order valence-electron chi connectivity index (χ0n) is 12.0. The standard InChI is InChI=1S/C18H21N/c1-12(2)17-15-10-7-11-16(15)19-13(3)18(17)14-8-5-4-6-9-14/h4-6,8-9,12H,7,10-11H2,1-3H3. The van der Waals surface area contributed by atoms with Gasteiger partial charge in [0.25, 0.3) is 0 Å². The second-order valence-corrected chi connectivity index (χ2v) is 5.79. The lowest BCUT2D eigenvalue weighted by Crippen LogP contribution is -2.05. The summed E-state index contributed by atoms with van der Waals surface area (Å²) in [5.41, 5.74) is 8.28. The van der Waals surface area contributed by atoms with Gasteiger partial charge in [0, 0.05) is 17.0 Å². The van der Waals surface area contributed by atoms with Crippen LogP contribution < -0.4 is 0 Å². The van der Waals surface area contributed by atoms with Crippen LogP contribution in [0.25, 0.3) is 11.1 Å². The lowest BCUT2D eigenvalue weighted by atomic mass is 9.87. The van der Waals surface area contributed by atoms with Crippen LogP contribution in [0, 0.1) is 6.92 Å². The van der Waals surface area contributed by atoms with Gasteiger partial charge in [-0.15, -0.1) is 0 Å². The lowest BCUT2D eigenvalue weighted by molar-refractivity contribution is 0.837. The van der Waals surface area contributed by atoms with Gasteiger partial charge in [-0.1, -0.05) is 44.2 Å². The quantitative estimate of drug-likeness (QED) is 0.756. The summed E-state index contributed by atoms with van der Waals surface area (Å²) < 4.78 is 0. The van der Waals surface area contributed by atoms with Gasteiger partial charge >= 0.3 is 0 Å². The van der Waals surface area contributed by atoms with E-state index in [9.17, 15) is 0 Å². The van der Waals surface area contributed by atoms with Gasteiger partial charge in [-0.25, -0.2) is 0 Å². The van der Waals surface area contributed by atoms with Crippen molar-refractivity contribution in [2.24, 2.45) is 0 Å². The van der Waals surface area contributed by atoms with Crippen LogP contribution in [0.15, 0.2) is 30.3 Å². The van der Waals surface area contributed by atoms with Gasteiger partial charge in [-0.3, -0.25) is 4.98 Å². The second-order valence-electron chi connectivity index (χ2n) is 5.79. The summed E-state index contributed by atoms with van der Waals surface area (Å²) in [4.78, 5) is 4.87. The number of rotatable bonds is 2. The molecule has 1 aromatic carbocycles. The summed E-state index contributed by atoms with van der Waals surface area (Å²) in [5.74, 6) is 0.559. The fourth-order valence-corrected chi connectivity index (χ4v) is 3.35. The molecule has 0 radical (unpaired) electrons. The first-order chi connectivity index (χ1) is 9.18. The molecule has 1 aliphatic rings. The largest absolute Gasteiger partial charge is 0.257 e. The van der Waals surface area contributed by atoms with Crippen molar-refractivity contribution in [3.63, 3.8) is 0 Å². The number of aryl methyl sites for hydroxylation is 2. The Kier molecular flexibility index (Phi) is 3.14. The molecule has 0 amide bonds. The van der Waals surface area contributed by atoms with Crippen LogP contribution in [-0.4, -0.2) is 4.98 Å². The van der Waals surface area contributed by atoms with Crippen LogP contribution in [-0.2, 0) is 12.8 Å². The van der Waals surface area contributed by atoms with E-state index in [2.05, 4.69) is 51.1 Å². The summed E-state index contributed by atoms with van der Waals surface area (Å²) in [6.45, 7) is 6.77. The first-order valence-corrected chi connectivity index (χ1v) is 7.26. The maximum Gasteiger partial charge on any atom is 0.0457 e. The Morgan fingerprint density at radius 3 is 2.47 bits per heavy atom. The van der Waals surface area contributed by atoms with Gasteiger partial charge in [-0.05, 0) is 48.8 Å². The van der Waals surface area contributed by atoms with Gasteiger partial charge in [0.05, 0.1) is 0 Å². The molecule has 0 atom stereocenters. The molecule has 98 valence electrons. The Morgan fingerprint density at radius 1 is 1.05 bits per heavy atom. The van der Waals surface area contributed by atoms with E-state index in [0.717, 1.165) is 6.42 Å². The molecule has 2 aromatic rings. The number of pyridine rings is 1. The number of hydrogen-bond acceptors (Lipinski definition) is 1. The van der Waals surface area contributed by atoms with Crippen LogP contribution in [0.3, 0.4) is 0 Å². The fraction of sp³-hybridized carbons (Fsp3) is 0.389. The van der Waals surface area contributed by atoms with Gasteiger partial charge in [0.2, 0.25) is 0 Å². The van der Waals surface area contributed by atoms with E-state index in [1.54, 1.807) is 0 Å². The Balaban J connectivity index is 2.30. The molecule has 1 aliphatic carbocycles. The number of aromatic nitrogens is 1. The van der Waals surface area contributed by atoms with E-state index in [4.69, 9.17) is 4.98 Å². The highest BCUT2D eigenvalue weighted by molar-refractivity contribution is 5.72. The SMILES string of the molecule is Cc1nc2c(c(C(C)C)c1-c1ccccc1)CCC2. The summed E-state index contributed by atoms with van der Waals surface area (Å²) in [6.07, 6.45) is 3.63. The topological polar surface area (TPSA) is 12.9 Å². The third kappa shape index (κ3) is 2.07. The smallest absolute Gasteiger partial charge is 0.0457 e. The van der Waals surface area contributed by atoms with Crippen molar-refractivity contribution < 1.29 is 0 Å². The van der Waals surface area contributed by atoms with Crippen LogP contribution >= 0.6 is 0 Å². The third-order valence-electron chi connectivity index (χ3n) is 4.09. The zero-order chi connectivity index (χ0) is 13.4. The summed E-state index contributed by atoms with van der Waals surface area (Å²) in [5, 5.41) is 0. The minimum atomic E-state index is 0.559. The van der Waals surface area contributed by atoms with Crippen molar-refractivity contribution in [1.82, 2.24) is 4.98 Å². The lowest BCUT2D eigenvalue weighted by Gasteiger charge is -2.20. The molecule has 1 aromatic heterocycles. The molecule has 0 aliphatic heterocycles. The van der Waals surface area contributed by atoms with Gasteiger partial charge in [-0.2, -0.15) is 0 Å². The van der Waals surface area contributed by atoms with Crippen LogP contribution in [0.4, 0.5) is 0 Å². The molecule has 0 N–H and O–H groups in total. The maximum absolute atomic E-state index is 4.87. The Labute approximate surface area is 115 Å². The molecule has 19 heavy (non-hydrogen) atoms. The highest BCUT2D eigenvalue weighted by atomic mass is 14.7. The first kappa shape index (κ1) is 12.4. The van der Waals surface area contributed by atoms with Gasteiger partial charge in [0.15, 0.2) is 0 Å². The van der Waals surface area contributed by atoms with Gasteiger partial charge in [0.1, 0.15) is 0 Å².